The number of nitrogens with zero attached hydrogens (tertiary/aromatic N) is 1. The van der Waals surface area contributed by atoms with E-state index in [1.165, 1.54) is 22.3 Å². The summed E-state index contributed by atoms with van der Waals surface area (Å²) in [5, 5.41) is 9.62. The molecule has 1 N–H and O–H groups in total. The van der Waals surface area contributed by atoms with Crippen LogP contribution in [-0.4, -0.2) is 30.7 Å². The third-order valence-electron chi connectivity index (χ3n) is 3.80. The average Bonchev–Trinajstić information content (AvgIpc) is 2.26. The van der Waals surface area contributed by atoms with Gasteiger partial charge < -0.3 is 10.0 Å². The average molecular weight is 249 g/mol. The quantitative estimate of drug-likeness (QED) is 0.866. The van der Waals surface area contributed by atoms with Crippen molar-refractivity contribution in [2.75, 3.05) is 20.7 Å². The Morgan fingerprint density at radius 3 is 1.94 bits per heavy atom. The van der Waals surface area contributed by atoms with Gasteiger partial charge >= 0.3 is 0 Å². The third-order valence-corrected chi connectivity index (χ3v) is 3.80. The lowest BCUT2D eigenvalue weighted by atomic mass is 9.85. The van der Waals surface area contributed by atoms with Crippen LogP contribution < -0.4 is 0 Å². The predicted molar refractivity (Wildman–Crippen MR) is 77.9 cm³/mol. The van der Waals surface area contributed by atoms with E-state index in [-0.39, 0.29) is 6.61 Å². The molecule has 0 heterocycles. The molecule has 2 atom stereocenters. The standard InChI is InChI=1S/C16H27NO/c1-7-14(10-18)16(17(5)6)15-12(3)8-11(2)9-13(15)4/h8-9,14,16,18H,7,10H2,1-6H3. The van der Waals surface area contributed by atoms with Crippen LogP contribution in [0.5, 0.6) is 0 Å². The first-order valence-electron chi connectivity index (χ1n) is 6.77. The molecule has 0 aliphatic rings. The number of hydrogen-bond acceptors (Lipinski definition) is 2. The molecule has 2 nitrogen and oxygen atoms in total. The molecule has 0 aliphatic carbocycles. The first kappa shape index (κ1) is 15.2. The second kappa shape index (κ2) is 6.35. The molecule has 2 heteroatoms. The van der Waals surface area contributed by atoms with Crippen molar-refractivity contribution >= 4 is 0 Å². The van der Waals surface area contributed by atoms with Crippen LogP contribution in [0.15, 0.2) is 12.1 Å². The summed E-state index contributed by atoms with van der Waals surface area (Å²) in [6, 6.07) is 4.77. The molecule has 0 fully saturated rings. The molecule has 0 aromatic heterocycles. The molecular formula is C16H27NO. The van der Waals surface area contributed by atoms with E-state index in [1.54, 1.807) is 0 Å². The van der Waals surface area contributed by atoms with E-state index < -0.39 is 0 Å². The molecule has 2 unspecified atom stereocenters. The van der Waals surface area contributed by atoms with Gasteiger partial charge in [-0.15, -0.1) is 0 Å². The maximum absolute atomic E-state index is 9.62. The number of benzene rings is 1. The Balaban J connectivity index is 3.30. The van der Waals surface area contributed by atoms with E-state index in [2.05, 4.69) is 58.8 Å². The van der Waals surface area contributed by atoms with Crippen LogP contribution in [0, 0.1) is 26.7 Å². The van der Waals surface area contributed by atoms with Crippen molar-refractivity contribution in [1.82, 2.24) is 4.90 Å². The molecule has 0 amide bonds. The Labute approximate surface area is 112 Å². The van der Waals surface area contributed by atoms with E-state index >= 15 is 0 Å². The Morgan fingerprint density at radius 2 is 1.61 bits per heavy atom. The maximum Gasteiger partial charge on any atom is 0.0477 e. The summed E-state index contributed by atoms with van der Waals surface area (Å²) >= 11 is 0. The normalized spacial score (nSPS) is 14.9. The van der Waals surface area contributed by atoms with Gasteiger partial charge in [-0.25, -0.2) is 0 Å². The second-order valence-electron chi connectivity index (χ2n) is 5.57. The van der Waals surface area contributed by atoms with E-state index in [4.69, 9.17) is 0 Å². The fourth-order valence-electron chi connectivity index (χ4n) is 3.03. The van der Waals surface area contributed by atoms with Crippen molar-refractivity contribution < 1.29 is 5.11 Å². The summed E-state index contributed by atoms with van der Waals surface area (Å²) in [6.07, 6.45) is 0.992. The molecule has 102 valence electrons. The molecular weight excluding hydrogens is 222 g/mol. The van der Waals surface area contributed by atoms with Gasteiger partial charge in [-0.2, -0.15) is 0 Å². The Bertz CT molecular complexity index is 371. The molecule has 0 spiro atoms. The minimum atomic E-state index is 0.242. The van der Waals surface area contributed by atoms with Crippen LogP contribution in [0.4, 0.5) is 0 Å². The van der Waals surface area contributed by atoms with Gasteiger partial charge in [0.1, 0.15) is 0 Å². The minimum Gasteiger partial charge on any atom is -0.396 e. The zero-order chi connectivity index (χ0) is 13.9. The van der Waals surface area contributed by atoms with E-state index in [0.29, 0.717) is 12.0 Å². The van der Waals surface area contributed by atoms with Gasteiger partial charge in [0.2, 0.25) is 0 Å². The zero-order valence-corrected chi connectivity index (χ0v) is 12.6. The van der Waals surface area contributed by atoms with Crippen LogP contribution in [0.2, 0.25) is 0 Å². The van der Waals surface area contributed by atoms with Crippen LogP contribution in [0.1, 0.15) is 41.6 Å². The van der Waals surface area contributed by atoms with Gasteiger partial charge in [0.05, 0.1) is 0 Å². The predicted octanol–water partition coefficient (Wildman–Crippen LogP) is 3.23. The Hall–Kier alpha value is -0.860. The summed E-state index contributed by atoms with van der Waals surface area (Å²) in [7, 11) is 4.20. The highest BCUT2D eigenvalue weighted by atomic mass is 16.3. The summed E-state index contributed by atoms with van der Waals surface area (Å²) < 4.78 is 0. The molecule has 0 aliphatic heterocycles. The van der Waals surface area contributed by atoms with Crippen LogP contribution in [0.3, 0.4) is 0 Å². The molecule has 0 radical (unpaired) electrons. The van der Waals surface area contributed by atoms with Crippen molar-refractivity contribution in [3.05, 3.63) is 34.4 Å². The largest absolute Gasteiger partial charge is 0.396 e. The first-order chi connectivity index (χ1) is 8.42. The number of rotatable bonds is 5. The zero-order valence-electron chi connectivity index (χ0n) is 12.6. The molecule has 0 bridgehead atoms. The summed E-state index contributed by atoms with van der Waals surface area (Å²) in [5.41, 5.74) is 5.35. The van der Waals surface area contributed by atoms with E-state index in [1.807, 2.05) is 0 Å². The SMILES string of the molecule is CCC(CO)C(c1c(C)cc(C)cc1C)N(C)C. The number of hydrogen-bond donors (Lipinski definition) is 1. The number of aliphatic hydroxyl groups is 1. The van der Waals surface area contributed by atoms with Crippen molar-refractivity contribution in [3.8, 4) is 0 Å². The van der Waals surface area contributed by atoms with Crippen molar-refractivity contribution in [1.29, 1.82) is 0 Å². The first-order valence-corrected chi connectivity index (χ1v) is 6.77. The molecule has 0 saturated carbocycles. The second-order valence-corrected chi connectivity index (χ2v) is 5.57. The summed E-state index contributed by atoms with van der Waals surface area (Å²) in [6.45, 7) is 8.88. The highest BCUT2D eigenvalue weighted by Gasteiger charge is 2.26. The molecule has 1 aromatic carbocycles. The summed E-state index contributed by atoms with van der Waals surface area (Å²) in [4.78, 5) is 2.23. The number of aliphatic hydroxyl groups excluding tert-OH is 1. The molecule has 18 heavy (non-hydrogen) atoms. The number of aryl methyl sites for hydroxylation is 3. The minimum absolute atomic E-state index is 0.242. The lowest BCUT2D eigenvalue weighted by Gasteiger charge is -2.33. The highest BCUT2D eigenvalue weighted by Crippen LogP contribution is 2.33. The Morgan fingerprint density at radius 1 is 1.11 bits per heavy atom. The fourth-order valence-corrected chi connectivity index (χ4v) is 3.03. The van der Waals surface area contributed by atoms with Gasteiger partial charge in [0, 0.05) is 18.6 Å². The lowest BCUT2D eigenvalue weighted by Crippen LogP contribution is -2.30. The van der Waals surface area contributed by atoms with Crippen LogP contribution >= 0.6 is 0 Å². The van der Waals surface area contributed by atoms with Gasteiger partial charge in [0.15, 0.2) is 0 Å². The Kier molecular flexibility index (Phi) is 5.36. The van der Waals surface area contributed by atoms with Gasteiger partial charge in [-0.3, -0.25) is 0 Å². The topological polar surface area (TPSA) is 23.5 Å². The van der Waals surface area contributed by atoms with Gasteiger partial charge in [-0.1, -0.05) is 24.6 Å². The smallest absolute Gasteiger partial charge is 0.0477 e. The maximum atomic E-state index is 9.62. The van der Waals surface area contributed by atoms with Crippen molar-refractivity contribution in [2.24, 2.45) is 5.92 Å². The fraction of sp³-hybridized carbons (Fsp3) is 0.625. The molecule has 1 rings (SSSR count). The van der Waals surface area contributed by atoms with Crippen molar-refractivity contribution in [2.45, 2.75) is 40.2 Å². The van der Waals surface area contributed by atoms with Crippen LogP contribution in [-0.2, 0) is 0 Å². The third kappa shape index (κ3) is 3.12. The summed E-state index contributed by atoms with van der Waals surface area (Å²) in [5.74, 6) is 0.292. The van der Waals surface area contributed by atoms with Gasteiger partial charge in [0.25, 0.3) is 0 Å². The van der Waals surface area contributed by atoms with E-state index in [9.17, 15) is 5.11 Å². The molecule has 0 saturated heterocycles. The lowest BCUT2D eigenvalue weighted by molar-refractivity contribution is 0.129. The molecule has 1 aromatic rings. The monoisotopic (exact) mass is 249 g/mol. The highest BCUT2D eigenvalue weighted by molar-refractivity contribution is 5.40. The van der Waals surface area contributed by atoms with E-state index in [0.717, 1.165) is 6.42 Å². The van der Waals surface area contributed by atoms with Crippen LogP contribution in [0.25, 0.3) is 0 Å². The van der Waals surface area contributed by atoms with Gasteiger partial charge in [-0.05, 0) is 58.0 Å². The van der Waals surface area contributed by atoms with Crippen molar-refractivity contribution in [3.63, 3.8) is 0 Å².